The van der Waals surface area contributed by atoms with Gasteiger partial charge < -0.3 is 4.74 Å². The molecule has 0 N–H and O–H groups in total. The number of nitro groups is 1. The summed E-state index contributed by atoms with van der Waals surface area (Å²) in [5.74, 6) is 0.455. The molecule has 2 aromatic carbocycles. The van der Waals surface area contributed by atoms with Crippen molar-refractivity contribution in [3.8, 4) is 5.75 Å². The highest BCUT2D eigenvalue weighted by Crippen LogP contribution is 2.40. The fraction of sp³-hybridized carbons (Fsp3) is 0.0769. The van der Waals surface area contributed by atoms with E-state index in [1.54, 1.807) is 24.3 Å². The lowest BCUT2D eigenvalue weighted by Crippen LogP contribution is -1.92. The zero-order chi connectivity index (χ0) is 14.7. The molecule has 0 fully saturated rings. The van der Waals surface area contributed by atoms with Crippen molar-refractivity contribution in [2.45, 2.75) is 9.79 Å². The van der Waals surface area contributed by atoms with Crippen molar-refractivity contribution in [2.75, 3.05) is 7.11 Å². The topological polar surface area (TPSA) is 52.4 Å². The van der Waals surface area contributed by atoms with Gasteiger partial charge >= 0.3 is 0 Å². The van der Waals surface area contributed by atoms with Crippen LogP contribution in [-0.4, -0.2) is 12.0 Å². The quantitative estimate of drug-likeness (QED) is 0.547. The molecule has 0 bridgehead atoms. The molecule has 104 valence electrons. The summed E-state index contributed by atoms with van der Waals surface area (Å²) in [5.41, 5.74) is 0.0104. The van der Waals surface area contributed by atoms with Crippen molar-refractivity contribution in [1.29, 1.82) is 0 Å². The molecule has 4 nitrogen and oxygen atoms in total. The third kappa shape index (κ3) is 3.45. The lowest BCUT2D eigenvalue weighted by molar-refractivity contribution is -0.387. The van der Waals surface area contributed by atoms with Gasteiger partial charge in [-0.05, 0) is 46.3 Å². The van der Waals surface area contributed by atoms with Crippen LogP contribution in [0, 0.1) is 10.1 Å². The summed E-state index contributed by atoms with van der Waals surface area (Å²) < 4.78 is 5.80. The highest BCUT2D eigenvalue weighted by atomic mass is 79.9. The Labute approximate surface area is 133 Å². The molecule has 2 rings (SSSR count). The van der Waals surface area contributed by atoms with E-state index in [0.29, 0.717) is 15.7 Å². The lowest BCUT2D eigenvalue weighted by atomic mass is 10.3. The van der Waals surface area contributed by atoms with Gasteiger partial charge in [-0.3, -0.25) is 10.1 Å². The molecule has 0 saturated carbocycles. The van der Waals surface area contributed by atoms with Gasteiger partial charge in [-0.15, -0.1) is 0 Å². The molecule has 0 spiro atoms. The van der Waals surface area contributed by atoms with Crippen LogP contribution in [0.2, 0.25) is 5.02 Å². The first-order valence-corrected chi connectivity index (χ1v) is 7.45. The van der Waals surface area contributed by atoms with Gasteiger partial charge in [-0.2, -0.15) is 0 Å². The van der Waals surface area contributed by atoms with Crippen LogP contribution < -0.4 is 4.74 Å². The first kappa shape index (κ1) is 15.2. The van der Waals surface area contributed by atoms with Crippen LogP contribution in [0.4, 0.5) is 5.69 Å². The van der Waals surface area contributed by atoms with Crippen LogP contribution in [-0.2, 0) is 0 Å². The molecule has 0 saturated heterocycles. The second-order valence-electron chi connectivity index (χ2n) is 3.77. The van der Waals surface area contributed by atoms with Crippen molar-refractivity contribution in [2.24, 2.45) is 0 Å². The van der Waals surface area contributed by atoms with E-state index in [1.165, 1.54) is 24.9 Å². The molecule has 0 aliphatic heterocycles. The van der Waals surface area contributed by atoms with Gasteiger partial charge in [0.15, 0.2) is 0 Å². The molecule has 0 amide bonds. The van der Waals surface area contributed by atoms with Crippen LogP contribution in [0.25, 0.3) is 0 Å². The summed E-state index contributed by atoms with van der Waals surface area (Å²) in [6.07, 6.45) is 0. The minimum atomic E-state index is -0.422. The smallest absolute Gasteiger partial charge is 0.286 e. The highest BCUT2D eigenvalue weighted by Gasteiger charge is 2.17. The van der Waals surface area contributed by atoms with Crippen molar-refractivity contribution < 1.29 is 9.66 Å². The molecule has 7 heteroatoms. The molecule has 0 aliphatic rings. The van der Waals surface area contributed by atoms with Gasteiger partial charge in [0.1, 0.15) is 5.75 Å². The normalized spacial score (nSPS) is 10.3. The molecule has 0 atom stereocenters. The molecular formula is C13H9BrClNO3S. The van der Waals surface area contributed by atoms with Crippen LogP contribution in [0.1, 0.15) is 0 Å². The Morgan fingerprint density at radius 3 is 2.55 bits per heavy atom. The fourth-order valence-electron chi connectivity index (χ4n) is 1.53. The maximum atomic E-state index is 11.1. The van der Waals surface area contributed by atoms with Crippen molar-refractivity contribution in [3.63, 3.8) is 0 Å². The predicted octanol–water partition coefficient (Wildman–Crippen LogP) is 5.17. The van der Waals surface area contributed by atoms with E-state index in [1.807, 2.05) is 6.07 Å². The third-order valence-electron chi connectivity index (χ3n) is 2.48. The Balaban J connectivity index is 2.40. The summed E-state index contributed by atoms with van der Waals surface area (Å²) >= 11 is 10.6. The number of rotatable bonds is 4. The summed E-state index contributed by atoms with van der Waals surface area (Å²) in [5, 5.41) is 11.7. The number of benzene rings is 2. The molecule has 0 heterocycles. The van der Waals surface area contributed by atoms with Gasteiger partial charge in [-0.1, -0.05) is 23.4 Å². The molecule has 0 radical (unpaired) electrons. The van der Waals surface area contributed by atoms with E-state index in [9.17, 15) is 10.1 Å². The molecule has 2 aromatic rings. The number of hydrogen-bond donors (Lipinski definition) is 0. The van der Waals surface area contributed by atoms with Crippen LogP contribution in [0.3, 0.4) is 0 Å². The second-order valence-corrected chi connectivity index (χ2v) is 6.14. The summed E-state index contributed by atoms with van der Waals surface area (Å²) in [6, 6.07) is 10.1. The monoisotopic (exact) mass is 373 g/mol. The first-order valence-electron chi connectivity index (χ1n) is 5.46. The Morgan fingerprint density at radius 2 is 1.95 bits per heavy atom. The summed E-state index contributed by atoms with van der Waals surface area (Å²) in [6.45, 7) is 0. The number of nitro benzene ring substituents is 1. The summed E-state index contributed by atoms with van der Waals surface area (Å²) in [7, 11) is 1.47. The van der Waals surface area contributed by atoms with Crippen LogP contribution in [0.15, 0.2) is 50.7 Å². The number of halogens is 2. The second kappa shape index (κ2) is 6.47. The average molecular weight is 375 g/mol. The predicted molar refractivity (Wildman–Crippen MR) is 82.9 cm³/mol. The van der Waals surface area contributed by atoms with Crippen molar-refractivity contribution in [1.82, 2.24) is 0 Å². The number of hydrogen-bond acceptors (Lipinski definition) is 4. The maximum absolute atomic E-state index is 11.1. The van der Waals surface area contributed by atoms with Gasteiger partial charge in [0.2, 0.25) is 0 Å². The van der Waals surface area contributed by atoms with Gasteiger partial charge in [0, 0.05) is 14.4 Å². The zero-order valence-corrected chi connectivity index (χ0v) is 13.5. The molecule has 0 aliphatic carbocycles. The van der Waals surface area contributed by atoms with E-state index >= 15 is 0 Å². The first-order chi connectivity index (χ1) is 9.51. The lowest BCUT2D eigenvalue weighted by Gasteiger charge is -2.07. The minimum Gasteiger partial charge on any atom is -0.497 e. The van der Waals surface area contributed by atoms with Crippen molar-refractivity contribution in [3.05, 3.63) is 56.0 Å². The van der Waals surface area contributed by atoms with E-state index in [4.69, 9.17) is 16.3 Å². The standard InChI is InChI=1S/C13H9BrClNO3S/c1-19-9-3-5-13(11(7-9)16(17)18)20-12-4-2-8(15)6-10(12)14/h2-7H,1H3. The van der Waals surface area contributed by atoms with E-state index < -0.39 is 4.92 Å². The zero-order valence-electron chi connectivity index (χ0n) is 10.3. The fourth-order valence-corrected chi connectivity index (χ4v) is 3.36. The van der Waals surface area contributed by atoms with E-state index in [-0.39, 0.29) is 5.69 Å². The average Bonchev–Trinajstić information content (AvgIpc) is 2.42. The minimum absolute atomic E-state index is 0.0104. The van der Waals surface area contributed by atoms with Crippen molar-refractivity contribution >= 4 is 45.0 Å². The maximum Gasteiger partial charge on any atom is 0.286 e. The van der Waals surface area contributed by atoms with E-state index in [2.05, 4.69) is 15.9 Å². The van der Waals surface area contributed by atoms with Gasteiger partial charge in [-0.25, -0.2) is 0 Å². The summed E-state index contributed by atoms with van der Waals surface area (Å²) in [4.78, 5) is 12.1. The van der Waals surface area contributed by atoms with Crippen LogP contribution >= 0.6 is 39.3 Å². The Morgan fingerprint density at radius 1 is 1.25 bits per heavy atom. The molecule has 20 heavy (non-hydrogen) atoms. The molecule has 0 unspecified atom stereocenters. The third-order valence-corrected chi connectivity index (χ3v) is 4.77. The number of ether oxygens (including phenoxy) is 1. The van der Waals surface area contributed by atoms with Crippen LogP contribution in [0.5, 0.6) is 5.75 Å². The number of nitrogens with zero attached hydrogens (tertiary/aromatic N) is 1. The molecule has 0 aromatic heterocycles. The Hall–Kier alpha value is -1.24. The Bertz CT molecular complexity index is 666. The van der Waals surface area contributed by atoms with Gasteiger partial charge in [0.25, 0.3) is 5.69 Å². The van der Waals surface area contributed by atoms with E-state index in [0.717, 1.165) is 9.37 Å². The van der Waals surface area contributed by atoms with Gasteiger partial charge in [0.05, 0.1) is 23.0 Å². The largest absolute Gasteiger partial charge is 0.497 e. The number of methoxy groups -OCH3 is 1. The highest BCUT2D eigenvalue weighted by molar-refractivity contribution is 9.10. The molecular weight excluding hydrogens is 366 g/mol. The Kier molecular flexibility index (Phi) is 4.91. The SMILES string of the molecule is COc1ccc(Sc2ccc(Cl)cc2Br)c([N+](=O)[O-])c1.